The Hall–Kier alpha value is -3.58. The minimum atomic E-state index is -4.77. The van der Waals surface area contributed by atoms with Crippen molar-refractivity contribution in [3.63, 3.8) is 0 Å². The number of likely N-dealkylation sites (tertiary alicyclic amines) is 1. The predicted octanol–water partition coefficient (Wildman–Crippen LogP) is 2.23. The highest BCUT2D eigenvalue weighted by Crippen LogP contribution is 2.31. The highest BCUT2D eigenvalue weighted by atomic mass is 32.2. The summed E-state index contributed by atoms with van der Waals surface area (Å²) in [6.07, 6.45) is 0.984. The van der Waals surface area contributed by atoms with Gasteiger partial charge >= 0.3 is 10.3 Å². The van der Waals surface area contributed by atoms with E-state index in [0.29, 0.717) is 28.8 Å². The van der Waals surface area contributed by atoms with Crippen LogP contribution in [0, 0.1) is 5.41 Å². The molecule has 12 heteroatoms. The summed E-state index contributed by atoms with van der Waals surface area (Å²) >= 11 is 1.29. The number of nitrogen functional groups attached to an aromatic ring is 1. The van der Waals surface area contributed by atoms with Gasteiger partial charge in [0.05, 0.1) is 11.4 Å². The molecule has 0 spiro atoms. The standard InChI is InChI=1S/C26H29N5O5S2/c27-24(28)21-14-13-19(37-21)16-29-25(32)20-12-7-15-31(20)26(33)23(30-38(34,35)36)22(17-8-3-1-4-9-17)18-10-5-2-6-11-18/h1-6,8-11,13-14,20,22-23,30H,7,12,15-16H2,(H3,27,28)(H,29,32)(H,34,35,36)/t20-,23+/m0/s1. The Morgan fingerprint density at radius 1 is 1.05 bits per heavy atom. The number of hydrogen-bond acceptors (Lipinski definition) is 6. The lowest BCUT2D eigenvalue weighted by atomic mass is 9.84. The first-order valence-corrected chi connectivity index (χ1v) is 14.3. The molecule has 0 aliphatic carbocycles. The summed E-state index contributed by atoms with van der Waals surface area (Å²) in [6.45, 7) is 0.475. The van der Waals surface area contributed by atoms with Gasteiger partial charge in [0.15, 0.2) is 0 Å². The average molecular weight is 556 g/mol. The smallest absolute Gasteiger partial charge is 0.334 e. The number of benzene rings is 2. The summed E-state index contributed by atoms with van der Waals surface area (Å²) < 4.78 is 35.9. The van der Waals surface area contributed by atoms with Crippen LogP contribution in [0.5, 0.6) is 0 Å². The van der Waals surface area contributed by atoms with Gasteiger partial charge in [-0.05, 0) is 36.1 Å². The number of nitrogens with zero attached hydrogens (tertiary/aromatic N) is 1. The summed E-state index contributed by atoms with van der Waals surface area (Å²) in [7, 11) is -4.77. The predicted molar refractivity (Wildman–Crippen MR) is 145 cm³/mol. The second kappa shape index (κ2) is 11.9. The second-order valence-corrected chi connectivity index (χ2v) is 11.3. The van der Waals surface area contributed by atoms with Gasteiger partial charge < -0.3 is 16.0 Å². The lowest BCUT2D eigenvalue weighted by molar-refractivity contribution is -0.140. The van der Waals surface area contributed by atoms with E-state index in [0.717, 1.165) is 4.88 Å². The maximum atomic E-state index is 14.0. The zero-order valence-corrected chi connectivity index (χ0v) is 22.0. The van der Waals surface area contributed by atoms with Crippen molar-refractivity contribution in [2.75, 3.05) is 6.54 Å². The number of nitrogens with two attached hydrogens (primary N) is 1. The number of carbonyl (C=O) groups is 2. The van der Waals surface area contributed by atoms with Gasteiger partial charge in [-0.1, -0.05) is 60.7 Å². The van der Waals surface area contributed by atoms with Crippen LogP contribution < -0.4 is 15.8 Å². The Bertz CT molecular complexity index is 1360. The highest BCUT2D eigenvalue weighted by Gasteiger charge is 2.42. The molecule has 6 N–H and O–H groups in total. The summed E-state index contributed by atoms with van der Waals surface area (Å²) in [4.78, 5) is 29.9. The molecule has 0 radical (unpaired) electrons. The Morgan fingerprint density at radius 3 is 2.18 bits per heavy atom. The van der Waals surface area contributed by atoms with E-state index in [4.69, 9.17) is 11.1 Å². The normalized spacial score (nSPS) is 16.4. The Morgan fingerprint density at radius 2 is 1.66 bits per heavy atom. The minimum absolute atomic E-state index is 0.0519. The molecule has 4 rings (SSSR count). The molecule has 1 saturated heterocycles. The summed E-state index contributed by atoms with van der Waals surface area (Å²) in [5.41, 5.74) is 6.86. The number of hydrogen-bond donors (Lipinski definition) is 5. The van der Waals surface area contributed by atoms with Crippen molar-refractivity contribution in [1.29, 1.82) is 5.41 Å². The number of thiophene rings is 1. The first-order valence-electron chi connectivity index (χ1n) is 12.0. The zero-order valence-electron chi connectivity index (χ0n) is 20.4. The van der Waals surface area contributed by atoms with E-state index in [9.17, 15) is 22.6 Å². The van der Waals surface area contributed by atoms with E-state index in [1.54, 1.807) is 60.7 Å². The molecule has 1 aromatic heterocycles. The summed E-state index contributed by atoms with van der Waals surface area (Å²) in [5.74, 6) is -1.78. The maximum absolute atomic E-state index is 14.0. The van der Waals surface area contributed by atoms with Gasteiger partial charge in [-0.15, -0.1) is 11.3 Å². The molecule has 2 aromatic carbocycles. The van der Waals surface area contributed by atoms with Crippen LogP contribution in [-0.4, -0.2) is 54.1 Å². The molecule has 0 unspecified atom stereocenters. The van der Waals surface area contributed by atoms with E-state index < -0.39 is 34.2 Å². The van der Waals surface area contributed by atoms with Crippen molar-refractivity contribution < 1.29 is 22.6 Å². The summed E-state index contributed by atoms with van der Waals surface area (Å²) in [5, 5.41) is 10.4. The quantitative estimate of drug-likeness (QED) is 0.146. The van der Waals surface area contributed by atoms with Gasteiger partial charge in [-0.3, -0.25) is 19.6 Å². The van der Waals surface area contributed by atoms with E-state index in [-0.39, 0.29) is 24.8 Å². The van der Waals surface area contributed by atoms with Crippen molar-refractivity contribution in [2.24, 2.45) is 5.73 Å². The lowest BCUT2D eigenvalue weighted by Crippen LogP contribution is -2.55. The number of carbonyl (C=O) groups excluding carboxylic acids is 2. The molecule has 0 saturated carbocycles. The van der Waals surface area contributed by atoms with Crippen LogP contribution in [0.15, 0.2) is 72.8 Å². The monoisotopic (exact) mass is 555 g/mol. The molecule has 1 fully saturated rings. The Balaban J connectivity index is 1.61. The number of rotatable bonds is 10. The van der Waals surface area contributed by atoms with Gasteiger partial charge in [-0.25, -0.2) is 0 Å². The molecule has 1 aliphatic heterocycles. The molecule has 2 atom stereocenters. The van der Waals surface area contributed by atoms with Crippen LogP contribution in [0.3, 0.4) is 0 Å². The maximum Gasteiger partial charge on any atom is 0.334 e. The van der Waals surface area contributed by atoms with Gasteiger partial charge in [0.2, 0.25) is 11.8 Å². The first kappa shape index (κ1) is 27.5. The van der Waals surface area contributed by atoms with Crippen molar-refractivity contribution >= 4 is 39.3 Å². The molecule has 2 heterocycles. The van der Waals surface area contributed by atoms with E-state index in [2.05, 4.69) is 10.0 Å². The fourth-order valence-corrected chi connectivity index (χ4v) is 6.08. The number of amidine groups is 1. The van der Waals surface area contributed by atoms with Crippen LogP contribution in [0.2, 0.25) is 0 Å². The third-order valence-electron chi connectivity index (χ3n) is 6.40. The van der Waals surface area contributed by atoms with Crippen molar-refractivity contribution in [3.8, 4) is 0 Å². The van der Waals surface area contributed by atoms with Gasteiger partial charge in [0.25, 0.3) is 0 Å². The first-order chi connectivity index (χ1) is 18.1. The minimum Gasteiger partial charge on any atom is -0.383 e. The van der Waals surface area contributed by atoms with E-state index in [1.165, 1.54) is 16.2 Å². The van der Waals surface area contributed by atoms with Gasteiger partial charge in [-0.2, -0.15) is 13.1 Å². The van der Waals surface area contributed by atoms with Crippen LogP contribution in [-0.2, 0) is 26.4 Å². The van der Waals surface area contributed by atoms with Crippen molar-refractivity contribution in [3.05, 3.63) is 93.7 Å². The van der Waals surface area contributed by atoms with Crippen molar-refractivity contribution in [2.45, 2.75) is 37.4 Å². The third kappa shape index (κ3) is 6.64. The zero-order chi connectivity index (χ0) is 27.3. The molecular weight excluding hydrogens is 526 g/mol. The van der Waals surface area contributed by atoms with Gasteiger partial charge in [0, 0.05) is 17.3 Å². The second-order valence-electron chi connectivity index (χ2n) is 8.96. The van der Waals surface area contributed by atoms with Crippen LogP contribution in [0.25, 0.3) is 0 Å². The van der Waals surface area contributed by atoms with Gasteiger partial charge in [0.1, 0.15) is 17.9 Å². The molecule has 2 amide bonds. The molecule has 38 heavy (non-hydrogen) atoms. The Labute approximate surface area is 225 Å². The fraction of sp³-hybridized carbons (Fsp3) is 0.269. The van der Waals surface area contributed by atoms with E-state index in [1.807, 2.05) is 12.1 Å². The van der Waals surface area contributed by atoms with Crippen LogP contribution >= 0.6 is 11.3 Å². The van der Waals surface area contributed by atoms with Crippen LogP contribution in [0.1, 0.15) is 39.6 Å². The SMILES string of the molecule is N=C(N)c1ccc(CNC(=O)[C@@H]2CCCN2C(=O)[C@H](NS(=O)(=O)O)C(c2ccccc2)c2ccccc2)s1. The Kier molecular flexibility index (Phi) is 8.57. The van der Waals surface area contributed by atoms with E-state index >= 15 is 0 Å². The molecule has 0 bridgehead atoms. The third-order valence-corrected chi connectivity index (χ3v) is 8.07. The summed E-state index contributed by atoms with van der Waals surface area (Å²) in [6, 6.07) is 19.2. The van der Waals surface area contributed by atoms with Crippen LogP contribution in [0.4, 0.5) is 0 Å². The molecule has 200 valence electrons. The largest absolute Gasteiger partial charge is 0.383 e. The molecular formula is C26H29N5O5S2. The topological polar surface area (TPSA) is 166 Å². The highest BCUT2D eigenvalue weighted by molar-refractivity contribution is 7.83. The molecule has 3 aromatic rings. The lowest BCUT2D eigenvalue weighted by Gasteiger charge is -2.32. The number of amides is 2. The van der Waals surface area contributed by atoms with Crippen molar-refractivity contribution in [1.82, 2.24) is 14.9 Å². The number of nitrogens with one attached hydrogen (secondary N) is 3. The molecule has 1 aliphatic rings. The average Bonchev–Trinajstić information content (AvgIpc) is 3.57. The fourth-order valence-electron chi connectivity index (χ4n) is 4.71. The molecule has 10 nitrogen and oxygen atoms in total.